The summed E-state index contributed by atoms with van der Waals surface area (Å²) in [6.07, 6.45) is 12.0. The fourth-order valence-corrected chi connectivity index (χ4v) is 4.20. The number of hydrogen-bond acceptors (Lipinski definition) is 0. The van der Waals surface area contributed by atoms with Gasteiger partial charge in [0.1, 0.15) is 0 Å². The van der Waals surface area contributed by atoms with Crippen molar-refractivity contribution in [3.05, 3.63) is 0 Å². The molecule has 2 fully saturated rings. The van der Waals surface area contributed by atoms with Gasteiger partial charge in [0, 0.05) is 19.3 Å². The van der Waals surface area contributed by atoms with Crippen LogP contribution in [0, 0.1) is 5.41 Å². The maximum Gasteiger partial charge on any atom is 0.0838 e. The number of hydrogen-bond donors (Lipinski definition) is 0. The lowest BCUT2D eigenvalue weighted by Crippen LogP contribution is -3.00. The van der Waals surface area contributed by atoms with Crippen LogP contribution in [-0.4, -0.2) is 63.3 Å². The third kappa shape index (κ3) is 5.45. The Bertz CT molecular complexity index is 280. The summed E-state index contributed by atoms with van der Waals surface area (Å²) in [4.78, 5) is 0. The smallest absolute Gasteiger partial charge is 0.0838 e. The molecule has 1 saturated heterocycles. The highest BCUT2D eigenvalue weighted by molar-refractivity contribution is 4.85. The summed E-state index contributed by atoms with van der Waals surface area (Å²) in [5, 5.41) is 0. The van der Waals surface area contributed by atoms with Gasteiger partial charge in [0.25, 0.3) is 0 Å². The van der Waals surface area contributed by atoms with Crippen LogP contribution in [0.2, 0.25) is 0 Å². The molecule has 0 unspecified atom stereocenters. The highest BCUT2D eigenvalue weighted by Crippen LogP contribution is 2.45. The SMILES string of the molecule is C[N+](C)(C)CCC[N+]1(C)CCC2(CCCCC2)CC1.[I-]. The quantitative estimate of drug-likeness (QED) is 0.474. The third-order valence-corrected chi connectivity index (χ3v) is 5.81. The molecular formula is C17H36IN2+. The molecule has 0 N–H and O–H groups in total. The van der Waals surface area contributed by atoms with Crippen molar-refractivity contribution < 1.29 is 32.9 Å². The fraction of sp³-hybridized carbons (Fsp3) is 1.00. The summed E-state index contributed by atoms with van der Waals surface area (Å²) in [5.74, 6) is 0. The van der Waals surface area contributed by atoms with E-state index in [9.17, 15) is 0 Å². The largest absolute Gasteiger partial charge is 1.00 e. The average molecular weight is 395 g/mol. The van der Waals surface area contributed by atoms with E-state index in [1.807, 2.05) is 0 Å². The number of piperidine rings is 1. The molecule has 2 rings (SSSR count). The van der Waals surface area contributed by atoms with Crippen molar-refractivity contribution in [3.8, 4) is 0 Å². The molecule has 20 heavy (non-hydrogen) atoms. The van der Waals surface area contributed by atoms with E-state index < -0.39 is 0 Å². The zero-order chi connectivity index (χ0) is 14.0. The molecule has 0 bridgehead atoms. The Labute approximate surface area is 144 Å². The molecule has 1 aliphatic heterocycles. The van der Waals surface area contributed by atoms with Crippen LogP contribution in [0.3, 0.4) is 0 Å². The van der Waals surface area contributed by atoms with E-state index in [1.54, 1.807) is 0 Å². The Morgan fingerprint density at radius 3 is 1.95 bits per heavy atom. The topological polar surface area (TPSA) is 0 Å². The van der Waals surface area contributed by atoms with Crippen LogP contribution in [0.4, 0.5) is 0 Å². The lowest BCUT2D eigenvalue weighted by Gasteiger charge is -2.48. The molecule has 1 saturated carbocycles. The van der Waals surface area contributed by atoms with Crippen molar-refractivity contribution in [1.29, 1.82) is 0 Å². The van der Waals surface area contributed by atoms with Gasteiger partial charge in [0.2, 0.25) is 0 Å². The van der Waals surface area contributed by atoms with E-state index in [4.69, 9.17) is 0 Å². The van der Waals surface area contributed by atoms with E-state index in [0.29, 0.717) is 0 Å². The second-order valence-electron chi connectivity index (χ2n) is 8.72. The van der Waals surface area contributed by atoms with Gasteiger partial charge in [-0.3, -0.25) is 0 Å². The van der Waals surface area contributed by atoms with Gasteiger partial charge in [-0.25, -0.2) is 0 Å². The van der Waals surface area contributed by atoms with Gasteiger partial charge in [-0.05, 0) is 18.3 Å². The number of halogens is 1. The monoisotopic (exact) mass is 395 g/mol. The lowest BCUT2D eigenvalue weighted by molar-refractivity contribution is -0.923. The van der Waals surface area contributed by atoms with Crippen LogP contribution in [-0.2, 0) is 0 Å². The van der Waals surface area contributed by atoms with Crippen LogP contribution in [0.25, 0.3) is 0 Å². The van der Waals surface area contributed by atoms with Crippen LogP contribution in [0.15, 0.2) is 0 Å². The number of rotatable bonds is 4. The second kappa shape index (κ2) is 7.28. The molecule has 0 atom stereocenters. The van der Waals surface area contributed by atoms with Crippen LogP contribution in [0.1, 0.15) is 51.4 Å². The standard InChI is InChI=1S/C17H36N2.HI/c1-18(2,3)13-8-14-19(4)15-11-17(12-16-19)9-6-5-7-10-17;/h5-16H2,1-4H3;1H/q+2;/p-1. The number of nitrogens with zero attached hydrogens (tertiary/aromatic N) is 2. The van der Waals surface area contributed by atoms with Gasteiger partial charge >= 0.3 is 0 Å². The maximum absolute atomic E-state index is 2.51. The van der Waals surface area contributed by atoms with Crippen LogP contribution < -0.4 is 24.0 Å². The molecule has 0 aromatic rings. The van der Waals surface area contributed by atoms with Crippen LogP contribution >= 0.6 is 0 Å². The summed E-state index contributed by atoms with van der Waals surface area (Å²) < 4.78 is 2.46. The van der Waals surface area contributed by atoms with Gasteiger partial charge in [-0.15, -0.1) is 0 Å². The molecule has 1 aliphatic carbocycles. The zero-order valence-electron chi connectivity index (χ0n) is 14.3. The van der Waals surface area contributed by atoms with Crippen molar-refractivity contribution in [2.24, 2.45) is 5.41 Å². The molecule has 0 aromatic heterocycles. The normalized spacial score (nSPS) is 25.2. The molecule has 0 radical (unpaired) electrons. The van der Waals surface area contributed by atoms with Crippen molar-refractivity contribution >= 4 is 0 Å². The first kappa shape index (κ1) is 18.7. The average Bonchev–Trinajstić information content (AvgIpc) is 2.34. The molecule has 2 nitrogen and oxygen atoms in total. The Kier molecular flexibility index (Phi) is 6.80. The maximum atomic E-state index is 2.51. The molecule has 1 spiro atoms. The molecule has 2 aliphatic rings. The summed E-state index contributed by atoms with van der Waals surface area (Å²) in [7, 11) is 9.44. The summed E-state index contributed by atoms with van der Waals surface area (Å²) in [6, 6.07) is 0. The highest BCUT2D eigenvalue weighted by Gasteiger charge is 2.40. The van der Waals surface area contributed by atoms with Crippen molar-refractivity contribution in [1.82, 2.24) is 0 Å². The molecule has 120 valence electrons. The summed E-state index contributed by atoms with van der Waals surface area (Å²) in [5.41, 5.74) is 0.774. The highest BCUT2D eigenvalue weighted by atomic mass is 127. The Hall–Kier alpha value is 0.650. The summed E-state index contributed by atoms with van der Waals surface area (Å²) in [6.45, 7) is 5.60. The van der Waals surface area contributed by atoms with E-state index in [-0.39, 0.29) is 24.0 Å². The molecule has 0 aromatic carbocycles. The first-order valence-corrected chi connectivity index (χ1v) is 8.47. The Balaban J connectivity index is 0.00000200. The molecular weight excluding hydrogens is 359 g/mol. The summed E-state index contributed by atoms with van der Waals surface area (Å²) >= 11 is 0. The Morgan fingerprint density at radius 1 is 0.900 bits per heavy atom. The Morgan fingerprint density at radius 2 is 1.45 bits per heavy atom. The minimum atomic E-state index is 0. The fourth-order valence-electron chi connectivity index (χ4n) is 4.20. The first-order valence-electron chi connectivity index (χ1n) is 8.47. The van der Waals surface area contributed by atoms with Gasteiger partial charge in [0.15, 0.2) is 0 Å². The second-order valence-corrected chi connectivity index (χ2v) is 8.72. The number of quaternary nitrogens is 2. The third-order valence-electron chi connectivity index (χ3n) is 5.81. The predicted octanol–water partition coefficient (Wildman–Crippen LogP) is 0.278. The minimum Gasteiger partial charge on any atom is -1.00 e. The van der Waals surface area contributed by atoms with Gasteiger partial charge < -0.3 is 32.9 Å². The van der Waals surface area contributed by atoms with Crippen molar-refractivity contribution in [2.45, 2.75) is 51.4 Å². The van der Waals surface area contributed by atoms with E-state index in [0.717, 1.165) is 9.90 Å². The number of likely N-dealkylation sites (tertiary alicyclic amines) is 1. The lowest BCUT2D eigenvalue weighted by atomic mass is 9.67. The first-order chi connectivity index (χ1) is 8.83. The predicted molar refractivity (Wildman–Crippen MR) is 83.1 cm³/mol. The minimum absolute atomic E-state index is 0. The molecule has 3 heteroatoms. The molecule has 0 amide bonds. The van der Waals surface area contributed by atoms with Crippen molar-refractivity contribution in [3.63, 3.8) is 0 Å². The van der Waals surface area contributed by atoms with Crippen LogP contribution in [0.5, 0.6) is 0 Å². The van der Waals surface area contributed by atoms with Gasteiger partial charge in [-0.2, -0.15) is 0 Å². The zero-order valence-corrected chi connectivity index (χ0v) is 16.4. The van der Waals surface area contributed by atoms with Gasteiger partial charge in [-0.1, -0.05) is 19.3 Å². The van der Waals surface area contributed by atoms with E-state index in [2.05, 4.69) is 28.2 Å². The molecule has 1 heterocycles. The van der Waals surface area contributed by atoms with E-state index in [1.165, 1.54) is 82.0 Å². The van der Waals surface area contributed by atoms with Gasteiger partial charge in [0.05, 0.1) is 54.4 Å². The van der Waals surface area contributed by atoms with E-state index >= 15 is 0 Å². The van der Waals surface area contributed by atoms with Crippen molar-refractivity contribution in [2.75, 3.05) is 54.4 Å².